The van der Waals surface area contributed by atoms with E-state index in [4.69, 9.17) is 9.47 Å². The molecule has 4 N–H and O–H groups in total. The van der Waals surface area contributed by atoms with Crippen LogP contribution in [0.3, 0.4) is 0 Å². The molecule has 2 heterocycles. The summed E-state index contributed by atoms with van der Waals surface area (Å²) >= 11 is 0. The number of fused-ring (bicyclic) bond motifs is 1. The summed E-state index contributed by atoms with van der Waals surface area (Å²) in [4.78, 5) is 69.6. The Morgan fingerprint density at radius 1 is 0.946 bits per heavy atom. The van der Waals surface area contributed by atoms with E-state index in [2.05, 4.69) is 25.9 Å². The Hall–Kier alpha value is -5.00. The highest BCUT2D eigenvalue weighted by Gasteiger charge is 2.35. The average molecular weight is 505 g/mol. The summed E-state index contributed by atoms with van der Waals surface area (Å²) in [5, 5.41) is 8.06. The number of hydrogen-bond donors (Lipinski definition) is 4. The zero-order valence-corrected chi connectivity index (χ0v) is 20.1. The van der Waals surface area contributed by atoms with Crippen LogP contribution in [0.4, 0.5) is 23.1 Å². The van der Waals surface area contributed by atoms with Crippen LogP contribution in [0.1, 0.15) is 44.2 Å². The fourth-order valence-electron chi connectivity index (χ4n) is 3.83. The lowest BCUT2D eigenvalue weighted by Crippen LogP contribution is -2.36. The van der Waals surface area contributed by atoms with Crippen molar-refractivity contribution in [3.8, 4) is 0 Å². The van der Waals surface area contributed by atoms with E-state index in [1.165, 1.54) is 32.4 Å². The van der Waals surface area contributed by atoms with Crippen LogP contribution in [0.2, 0.25) is 0 Å². The molecule has 0 bridgehead atoms. The SMILES string of the molecule is COC(=O)c1cc(NC(=O)[C@@H]2CC(=O)Nc3nc(Nc4ccc(C)cc4)[nH]c(=O)c32)cc(C(=O)OC)c1. The predicted molar refractivity (Wildman–Crippen MR) is 133 cm³/mol. The van der Waals surface area contributed by atoms with Crippen LogP contribution in [0.25, 0.3) is 0 Å². The Morgan fingerprint density at radius 2 is 1.57 bits per heavy atom. The van der Waals surface area contributed by atoms with Crippen LogP contribution in [0.15, 0.2) is 47.3 Å². The third-order valence-corrected chi connectivity index (χ3v) is 5.62. The van der Waals surface area contributed by atoms with Crippen molar-refractivity contribution in [3.05, 3.63) is 75.1 Å². The summed E-state index contributed by atoms with van der Waals surface area (Å²) in [6.45, 7) is 1.94. The smallest absolute Gasteiger partial charge is 0.337 e. The number of nitrogens with one attached hydrogen (secondary N) is 4. The fraction of sp³-hybridized carbons (Fsp3) is 0.200. The second-order valence-corrected chi connectivity index (χ2v) is 8.24. The van der Waals surface area contributed by atoms with Gasteiger partial charge in [0.25, 0.3) is 5.56 Å². The number of aryl methyl sites for hydroxylation is 1. The number of carbonyl (C=O) groups is 4. The lowest BCUT2D eigenvalue weighted by molar-refractivity contribution is -0.123. The Labute approximate surface area is 210 Å². The molecule has 0 saturated heterocycles. The first-order valence-electron chi connectivity index (χ1n) is 11.1. The molecule has 0 saturated carbocycles. The molecular formula is C25H23N5O7. The second-order valence-electron chi connectivity index (χ2n) is 8.24. The molecule has 0 radical (unpaired) electrons. The summed E-state index contributed by atoms with van der Waals surface area (Å²) in [7, 11) is 2.34. The highest BCUT2D eigenvalue weighted by molar-refractivity contribution is 6.05. The Kier molecular flexibility index (Phi) is 7.00. The van der Waals surface area contributed by atoms with Crippen molar-refractivity contribution in [2.75, 3.05) is 30.2 Å². The minimum Gasteiger partial charge on any atom is -0.465 e. The number of aromatic amines is 1. The number of esters is 2. The highest BCUT2D eigenvalue weighted by atomic mass is 16.5. The van der Waals surface area contributed by atoms with Gasteiger partial charge in [-0.1, -0.05) is 17.7 Å². The van der Waals surface area contributed by atoms with E-state index in [1.807, 2.05) is 19.1 Å². The van der Waals surface area contributed by atoms with Crippen LogP contribution >= 0.6 is 0 Å². The van der Waals surface area contributed by atoms with E-state index < -0.39 is 35.2 Å². The van der Waals surface area contributed by atoms with E-state index in [1.54, 1.807) is 12.1 Å². The molecule has 12 nitrogen and oxygen atoms in total. The van der Waals surface area contributed by atoms with E-state index in [0.717, 1.165) is 5.56 Å². The molecule has 0 fully saturated rings. The molecule has 0 unspecified atom stereocenters. The van der Waals surface area contributed by atoms with Crippen molar-refractivity contribution in [2.24, 2.45) is 0 Å². The highest BCUT2D eigenvalue weighted by Crippen LogP contribution is 2.30. The average Bonchev–Trinajstić information content (AvgIpc) is 2.88. The lowest BCUT2D eigenvalue weighted by Gasteiger charge is -2.24. The van der Waals surface area contributed by atoms with Gasteiger partial charge in [0.15, 0.2) is 0 Å². The maximum Gasteiger partial charge on any atom is 0.337 e. The molecule has 1 atom stereocenters. The minimum absolute atomic E-state index is 0.00572. The Bertz CT molecular complexity index is 1430. The molecule has 2 amide bonds. The Balaban J connectivity index is 1.65. The lowest BCUT2D eigenvalue weighted by atomic mass is 9.92. The first-order valence-corrected chi connectivity index (χ1v) is 11.1. The standard InChI is InChI=1S/C25H23N5O7/c1-12-4-6-15(7-5-12)27-25-29-20-19(22(33)30-25)17(11-18(31)28-20)21(32)26-16-9-13(23(34)36-2)8-14(10-16)24(35)37-3/h4-10,17H,11H2,1-3H3,(H,26,32)(H3,27,28,29,30,31,33)/t17-/m1/s1. The molecule has 1 aliphatic rings. The number of ether oxygens (including phenoxy) is 2. The number of amides is 2. The first kappa shape index (κ1) is 25.1. The number of methoxy groups -OCH3 is 2. The molecule has 12 heteroatoms. The number of benzene rings is 2. The van der Waals surface area contributed by atoms with Crippen LogP contribution < -0.4 is 21.5 Å². The van der Waals surface area contributed by atoms with Crippen molar-refractivity contribution in [1.82, 2.24) is 9.97 Å². The fourth-order valence-corrected chi connectivity index (χ4v) is 3.83. The van der Waals surface area contributed by atoms with E-state index in [-0.39, 0.29) is 40.6 Å². The first-order chi connectivity index (χ1) is 17.7. The predicted octanol–water partition coefficient (Wildman–Crippen LogP) is 2.46. The van der Waals surface area contributed by atoms with Gasteiger partial charge in [0, 0.05) is 17.8 Å². The van der Waals surface area contributed by atoms with Gasteiger partial charge in [0.2, 0.25) is 17.8 Å². The largest absolute Gasteiger partial charge is 0.465 e. The summed E-state index contributed by atoms with van der Waals surface area (Å²) in [6.07, 6.45) is -0.311. The van der Waals surface area contributed by atoms with Crippen molar-refractivity contribution in [2.45, 2.75) is 19.3 Å². The van der Waals surface area contributed by atoms with Crippen LogP contribution in [0.5, 0.6) is 0 Å². The topological polar surface area (TPSA) is 169 Å². The van der Waals surface area contributed by atoms with E-state index >= 15 is 0 Å². The van der Waals surface area contributed by atoms with Crippen molar-refractivity contribution < 1.29 is 28.7 Å². The molecule has 3 aromatic rings. The van der Waals surface area contributed by atoms with Crippen molar-refractivity contribution in [1.29, 1.82) is 0 Å². The van der Waals surface area contributed by atoms with Crippen molar-refractivity contribution in [3.63, 3.8) is 0 Å². The summed E-state index contributed by atoms with van der Waals surface area (Å²) < 4.78 is 9.40. The third-order valence-electron chi connectivity index (χ3n) is 5.62. The number of carbonyl (C=O) groups excluding carboxylic acids is 4. The quantitative estimate of drug-likeness (QED) is 0.368. The summed E-state index contributed by atoms with van der Waals surface area (Å²) in [5.74, 6) is -3.84. The van der Waals surface area contributed by atoms with Gasteiger partial charge in [0.1, 0.15) is 5.82 Å². The van der Waals surface area contributed by atoms with Crippen LogP contribution in [-0.4, -0.2) is 47.9 Å². The van der Waals surface area contributed by atoms with Gasteiger partial charge >= 0.3 is 11.9 Å². The van der Waals surface area contributed by atoms with Gasteiger partial charge in [0.05, 0.1) is 36.8 Å². The Morgan fingerprint density at radius 3 is 2.16 bits per heavy atom. The zero-order chi connectivity index (χ0) is 26.7. The summed E-state index contributed by atoms with van der Waals surface area (Å²) in [5.41, 5.74) is 1.14. The van der Waals surface area contributed by atoms with E-state index in [0.29, 0.717) is 5.69 Å². The molecule has 4 rings (SSSR count). The van der Waals surface area contributed by atoms with Gasteiger partial charge in [-0.05, 0) is 37.3 Å². The normalized spacial score (nSPS) is 14.1. The number of rotatable bonds is 6. The molecule has 2 aromatic carbocycles. The van der Waals surface area contributed by atoms with Gasteiger partial charge in [-0.25, -0.2) is 9.59 Å². The number of aromatic nitrogens is 2. The maximum atomic E-state index is 13.2. The molecule has 1 aliphatic heterocycles. The molecule has 1 aromatic heterocycles. The van der Waals surface area contributed by atoms with Gasteiger partial charge in [-0.15, -0.1) is 0 Å². The second kappa shape index (κ2) is 10.3. The molecule has 0 aliphatic carbocycles. The third kappa shape index (κ3) is 5.48. The molecular weight excluding hydrogens is 482 g/mol. The number of nitrogens with zero attached hydrogens (tertiary/aromatic N) is 1. The summed E-state index contributed by atoms with van der Waals surface area (Å²) in [6, 6.07) is 11.2. The van der Waals surface area contributed by atoms with Crippen LogP contribution in [-0.2, 0) is 19.1 Å². The minimum atomic E-state index is -1.18. The number of H-pyrrole nitrogens is 1. The van der Waals surface area contributed by atoms with E-state index in [9.17, 15) is 24.0 Å². The maximum absolute atomic E-state index is 13.2. The van der Waals surface area contributed by atoms with Gasteiger partial charge in [-0.3, -0.25) is 19.4 Å². The molecule has 0 spiro atoms. The number of anilines is 4. The monoisotopic (exact) mass is 505 g/mol. The van der Waals surface area contributed by atoms with Gasteiger partial charge < -0.3 is 25.4 Å². The zero-order valence-electron chi connectivity index (χ0n) is 20.1. The molecule has 37 heavy (non-hydrogen) atoms. The van der Waals surface area contributed by atoms with Crippen LogP contribution in [0, 0.1) is 6.92 Å². The molecule has 190 valence electrons. The number of hydrogen-bond acceptors (Lipinski definition) is 9. The van der Waals surface area contributed by atoms with Crippen molar-refractivity contribution >= 4 is 46.9 Å². The van der Waals surface area contributed by atoms with Gasteiger partial charge in [-0.2, -0.15) is 4.98 Å².